The first-order valence-electron chi connectivity index (χ1n) is 10.3. The van der Waals surface area contributed by atoms with E-state index in [4.69, 9.17) is 7.73 Å². The SMILES string of the molecule is [2H]C([2H])(c1cc(-c2ccccc2)ncc1[Si](C)(C)C)C1CC2CCC1C2. The Morgan fingerprint density at radius 3 is 2.54 bits per heavy atom. The van der Waals surface area contributed by atoms with Crippen molar-refractivity contribution >= 4 is 13.3 Å². The van der Waals surface area contributed by atoms with Gasteiger partial charge in [0.2, 0.25) is 0 Å². The van der Waals surface area contributed by atoms with Gasteiger partial charge in [-0.05, 0) is 60.2 Å². The van der Waals surface area contributed by atoms with Crippen LogP contribution in [0.2, 0.25) is 19.6 Å². The van der Waals surface area contributed by atoms with E-state index in [1.807, 2.05) is 24.4 Å². The van der Waals surface area contributed by atoms with Crippen LogP contribution in [-0.4, -0.2) is 13.1 Å². The van der Waals surface area contributed by atoms with E-state index in [1.165, 1.54) is 24.4 Å². The van der Waals surface area contributed by atoms with Crippen molar-refractivity contribution in [2.24, 2.45) is 17.8 Å². The monoisotopic (exact) mass is 337 g/mol. The number of fused-ring (bicyclic) bond motifs is 2. The van der Waals surface area contributed by atoms with Gasteiger partial charge in [0.15, 0.2) is 0 Å². The molecule has 2 aromatic rings. The second-order valence-corrected chi connectivity index (χ2v) is 13.7. The molecule has 0 radical (unpaired) electrons. The van der Waals surface area contributed by atoms with Crippen LogP contribution in [0.3, 0.4) is 0 Å². The number of aromatic nitrogens is 1. The molecular weight excluding hydrogens is 306 g/mol. The maximum Gasteiger partial charge on any atom is 0.0799 e. The van der Waals surface area contributed by atoms with Crippen molar-refractivity contribution in [3.8, 4) is 11.3 Å². The molecule has 2 bridgehead atoms. The molecule has 2 heteroatoms. The zero-order valence-corrected chi connectivity index (χ0v) is 16.0. The van der Waals surface area contributed by atoms with E-state index in [9.17, 15) is 0 Å². The molecule has 1 aromatic carbocycles. The van der Waals surface area contributed by atoms with Crippen molar-refractivity contribution in [1.29, 1.82) is 0 Å². The van der Waals surface area contributed by atoms with Crippen LogP contribution in [0.1, 0.15) is 34.0 Å². The molecule has 0 saturated heterocycles. The molecule has 2 aliphatic rings. The predicted octanol–water partition coefficient (Wildman–Crippen LogP) is 5.27. The molecular formula is C22H29NSi. The van der Waals surface area contributed by atoms with E-state index >= 15 is 0 Å². The van der Waals surface area contributed by atoms with Crippen molar-refractivity contribution in [3.63, 3.8) is 0 Å². The summed E-state index contributed by atoms with van der Waals surface area (Å²) in [7, 11) is -1.69. The van der Waals surface area contributed by atoms with Crippen LogP contribution in [0, 0.1) is 17.8 Å². The molecule has 3 unspecified atom stereocenters. The standard InChI is InChI=1S/C22H29NSi/c1-24(2,3)22-15-23-21(17-7-5-4-6-8-17)14-20(22)13-19-12-16-9-10-18(19)11-16/h4-8,14-16,18-19H,9-13H2,1-3H3/i13D2. The molecule has 2 aliphatic carbocycles. The van der Waals surface area contributed by atoms with Gasteiger partial charge in [-0.2, -0.15) is 0 Å². The van der Waals surface area contributed by atoms with Crippen molar-refractivity contribution in [3.05, 3.63) is 48.2 Å². The highest BCUT2D eigenvalue weighted by Crippen LogP contribution is 2.49. The number of pyridine rings is 1. The van der Waals surface area contributed by atoms with E-state index in [2.05, 4.69) is 37.8 Å². The number of rotatable bonds is 4. The van der Waals surface area contributed by atoms with Gasteiger partial charge in [-0.25, -0.2) is 0 Å². The Morgan fingerprint density at radius 1 is 1.12 bits per heavy atom. The predicted molar refractivity (Wildman–Crippen MR) is 105 cm³/mol. The van der Waals surface area contributed by atoms with Crippen molar-refractivity contribution in [1.82, 2.24) is 4.98 Å². The smallest absolute Gasteiger partial charge is 0.0799 e. The first-order valence-corrected chi connectivity index (χ1v) is 12.8. The highest BCUT2D eigenvalue weighted by molar-refractivity contribution is 6.89. The lowest BCUT2D eigenvalue weighted by atomic mass is 9.84. The van der Waals surface area contributed by atoms with Crippen LogP contribution >= 0.6 is 0 Å². The fraction of sp³-hybridized carbons (Fsp3) is 0.500. The molecule has 2 fully saturated rings. The average Bonchev–Trinajstić information content (AvgIpc) is 3.25. The third-order valence-electron chi connectivity index (χ3n) is 5.86. The Morgan fingerprint density at radius 2 is 1.92 bits per heavy atom. The van der Waals surface area contributed by atoms with Crippen molar-refractivity contribution < 1.29 is 2.74 Å². The van der Waals surface area contributed by atoms with Gasteiger partial charge in [0.05, 0.1) is 13.8 Å². The minimum Gasteiger partial charge on any atom is -0.256 e. The molecule has 2 saturated carbocycles. The maximum atomic E-state index is 9.16. The Balaban J connectivity index is 1.82. The summed E-state index contributed by atoms with van der Waals surface area (Å²) in [6, 6.07) is 12.2. The molecule has 0 amide bonds. The van der Waals surface area contributed by atoms with E-state index < -0.39 is 14.4 Å². The summed E-state index contributed by atoms with van der Waals surface area (Å²) in [6.45, 7) is 6.89. The van der Waals surface area contributed by atoms with E-state index in [0.29, 0.717) is 5.92 Å². The Bertz CT molecular complexity index is 798. The van der Waals surface area contributed by atoms with Crippen LogP contribution in [-0.2, 0) is 6.37 Å². The van der Waals surface area contributed by atoms with Crippen molar-refractivity contribution in [2.45, 2.75) is 51.7 Å². The first kappa shape index (κ1) is 13.8. The summed E-state index contributed by atoms with van der Waals surface area (Å²) >= 11 is 0. The first-order chi connectivity index (χ1) is 12.3. The quantitative estimate of drug-likeness (QED) is 0.692. The molecule has 0 N–H and O–H groups in total. The van der Waals surface area contributed by atoms with Gasteiger partial charge in [0.25, 0.3) is 0 Å². The number of benzene rings is 1. The molecule has 0 aliphatic heterocycles. The average molecular weight is 338 g/mol. The molecule has 1 aromatic heterocycles. The molecule has 0 spiro atoms. The van der Waals surface area contributed by atoms with Crippen LogP contribution in [0.5, 0.6) is 0 Å². The van der Waals surface area contributed by atoms with Crippen LogP contribution in [0.25, 0.3) is 11.3 Å². The van der Waals surface area contributed by atoms with Crippen molar-refractivity contribution in [2.75, 3.05) is 0 Å². The topological polar surface area (TPSA) is 12.9 Å². The molecule has 24 heavy (non-hydrogen) atoms. The lowest BCUT2D eigenvalue weighted by Gasteiger charge is -2.26. The minimum absolute atomic E-state index is 0.169. The number of hydrogen-bond donors (Lipinski definition) is 0. The fourth-order valence-corrected chi connectivity index (χ4v) is 5.96. The molecule has 126 valence electrons. The third-order valence-corrected chi connectivity index (χ3v) is 7.87. The summed E-state index contributed by atoms with van der Waals surface area (Å²) in [6.07, 6.45) is 5.54. The van der Waals surface area contributed by atoms with Crippen LogP contribution in [0.4, 0.5) is 0 Å². The minimum atomic E-state index is -1.69. The summed E-state index contributed by atoms with van der Waals surface area (Å²) < 4.78 is 18.3. The fourth-order valence-electron chi connectivity index (χ4n) is 4.56. The Hall–Kier alpha value is -1.41. The summed E-state index contributed by atoms with van der Waals surface area (Å²) in [5.74, 6) is 1.49. The van der Waals surface area contributed by atoms with Crippen LogP contribution in [0.15, 0.2) is 42.6 Å². The van der Waals surface area contributed by atoms with Gasteiger partial charge in [-0.3, -0.25) is 4.98 Å². The zero-order valence-electron chi connectivity index (χ0n) is 17.0. The highest BCUT2D eigenvalue weighted by Gasteiger charge is 2.39. The zero-order chi connectivity index (χ0) is 18.5. The highest BCUT2D eigenvalue weighted by atomic mass is 28.3. The van der Waals surface area contributed by atoms with Gasteiger partial charge in [-0.1, -0.05) is 56.4 Å². The van der Waals surface area contributed by atoms with Crippen LogP contribution < -0.4 is 5.19 Å². The van der Waals surface area contributed by atoms with E-state index in [1.54, 1.807) is 0 Å². The van der Waals surface area contributed by atoms with Gasteiger partial charge in [0, 0.05) is 14.5 Å². The largest absolute Gasteiger partial charge is 0.256 e. The molecule has 1 heterocycles. The summed E-state index contributed by atoms with van der Waals surface area (Å²) in [5.41, 5.74) is 2.89. The number of hydrogen-bond acceptors (Lipinski definition) is 1. The summed E-state index contributed by atoms with van der Waals surface area (Å²) in [5, 5.41) is 1.19. The Kier molecular flexibility index (Phi) is 3.54. The lowest BCUT2D eigenvalue weighted by Crippen LogP contribution is -2.41. The molecule has 4 rings (SSSR count). The second-order valence-electron chi connectivity index (χ2n) is 8.66. The van der Waals surface area contributed by atoms with Gasteiger partial charge < -0.3 is 0 Å². The van der Waals surface area contributed by atoms with Gasteiger partial charge in [0.1, 0.15) is 0 Å². The molecule has 1 nitrogen and oxygen atoms in total. The van der Waals surface area contributed by atoms with Gasteiger partial charge in [-0.15, -0.1) is 0 Å². The summed E-state index contributed by atoms with van der Waals surface area (Å²) in [4.78, 5) is 4.73. The van der Waals surface area contributed by atoms with E-state index in [0.717, 1.165) is 29.2 Å². The second kappa shape index (κ2) is 6.14. The third kappa shape index (κ3) is 3.09. The van der Waals surface area contributed by atoms with Gasteiger partial charge >= 0.3 is 0 Å². The Labute approximate surface area is 150 Å². The van der Waals surface area contributed by atoms with E-state index in [-0.39, 0.29) is 5.92 Å². The number of nitrogens with zero attached hydrogens (tertiary/aromatic N) is 1. The normalized spacial score (nSPS) is 27.9. The molecule has 3 atom stereocenters. The lowest BCUT2D eigenvalue weighted by molar-refractivity contribution is 0.332. The maximum absolute atomic E-state index is 9.16.